The second-order valence-corrected chi connectivity index (χ2v) is 4.55. The molecule has 2 aromatic heterocycles. The van der Waals surface area contributed by atoms with Gasteiger partial charge in [0.2, 0.25) is 0 Å². The molecule has 0 radical (unpaired) electrons. The van der Waals surface area contributed by atoms with Gasteiger partial charge in [-0.2, -0.15) is 0 Å². The minimum atomic E-state index is 0.205. The molecule has 98 valence electrons. The molecule has 2 heterocycles. The second kappa shape index (κ2) is 6.52. The summed E-state index contributed by atoms with van der Waals surface area (Å²) in [5.74, 6) is 0. The summed E-state index contributed by atoms with van der Waals surface area (Å²) in [4.78, 5) is 6.84. The zero-order valence-electron chi connectivity index (χ0n) is 10.9. The lowest BCUT2D eigenvalue weighted by Crippen LogP contribution is -2.27. The SMILES string of the molecule is CCCCN(CCO)Cc1cn2ccccc2n1. The molecule has 0 amide bonds. The molecule has 2 rings (SSSR count). The van der Waals surface area contributed by atoms with Crippen LogP contribution in [0.3, 0.4) is 0 Å². The number of aromatic nitrogens is 2. The Hall–Kier alpha value is -1.39. The highest BCUT2D eigenvalue weighted by atomic mass is 16.3. The van der Waals surface area contributed by atoms with E-state index in [1.165, 1.54) is 6.42 Å². The molecule has 0 saturated carbocycles. The van der Waals surface area contributed by atoms with Crippen molar-refractivity contribution in [2.45, 2.75) is 26.3 Å². The molecule has 2 aromatic rings. The maximum atomic E-state index is 9.09. The van der Waals surface area contributed by atoms with Crippen molar-refractivity contribution in [3.8, 4) is 0 Å². The zero-order valence-corrected chi connectivity index (χ0v) is 10.9. The molecule has 0 fully saturated rings. The number of aliphatic hydroxyl groups is 1. The van der Waals surface area contributed by atoms with E-state index in [1.807, 2.05) is 28.8 Å². The van der Waals surface area contributed by atoms with Gasteiger partial charge in [0.25, 0.3) is 0 Å². The molecule has 1 N–H and O–H groups in total. The van der Waals surface area contributed by atoms with E-state index < -0.39 is 0 Å². The Morgan fingerprint density at radius 2 is 2.22 bits per heavy atom. The highest BCUT2D eigenvalue weighted by Gasteiger charge is 2.07. The molecular formula is C14H21N3O. The number of pyridine rings is 1. The van der Waals surface area contributed by atoms with E-state index in [1.54, 1.807) is 0 Å². The molecule has 4 heteroatoms. The third-order valence-electron chi connectivity index (χ3n) is 3.04. The van der Waals surface area contributed by atoms with E-state index in [-0.39, 0.29) is 6.61 Å². The Morgan fingerprint density at radius 3 is 2.94 bits per heavy atom. The van der Waals surface area contributed by atoms with Crippen LogP contribution in [0.25, 0.3) is 5.65 Å². The molecule has 0 spiro atoms. The molecule has 0 aliphatic heterocycles. The van der Waals surface area contributed by atoms with Gasteiger partial charge in [0.1, 0.15) is 5.65 Å². The Kier molecular flexibility index (Phi) is 4.73. The smallest absolute Gasteiger partial charge is 0.137 e. The van der Waals surface area contributed by atoms with E-state index in [4.69, 9.17) is 5.11 Å². The number of rotatable bonds is 7. The van der Waals surface area contributed by atoms with E-state index >= 15 is 0 Å². The highest BCUT2D eigenvalue weighted by molar-refractivity contribution is 5.39. The number of unbranched alkanes of at least 4 members (excludes halogenated alkanes) is 1. The maximum absolute atomic E-state index is 9.09. The fourth-order valence-corrected chi connectivity index (χ4v) is 2.09. The third kappa shape index (κ3) is 3.31. The molecule has 18 heavy (non-hydrogen) atoms. The van der Waals surface area contributed by atoms with Crippen LogP contribution in [0.15, 0.2) is 30.6 Å². The van der Waals surface area contributed by atoms with Crippen molar-refractivity contribution in [1.29, 1.82) is 0 Å². The normalized spacial score (nSPS) is 11.5. The van der Waals surface area contributed by atoms with Gasteiger partial charge >= 0.3 is 0 Å². The van der Waals surface area contributed by atoms with Crippen LogP contribution in [0.2, 0.25) is 0 Å². The van der Waals surface area contributed by atoms with Gasteiger partial charge in [-0.1, -0.05) is 19.4 Å². The van der Waals surface area contributed by atoms with Gasteiger partial charge in [0.05, 0.1) is 12.3 Å². The summed E-state index contributed by atoms with van der Waals surface area (Å²) in [6.07, 6.45) is 6.40. The summed E-state index contributed by atoms with van der Waals surface area (Å²) in [6, 6.07) is 6.00. The van der Waals surface area contributed by atoms with Crippen molar-refractivity contribution in [2.24, 2.45) is 0 Å². The van der Waals surface area contributed by atoms with Crippen LogP contribution in [-0.2, 0) is 6.54 Å². The fraction of sp³-hybridized carbons (Fsp3) is 0.500. The van der Waals surface area contributed by atoms with Gasteiger partial charge < -0.3 is 9.51 Å². The largest absolute Gasteiger partial charge is 0.395 e. The van der Waals surface area contributed by atoms with Crippen LogP contribution < -0.4 is 0 Å². The Balaban J connectivity index is 2.05. The van der Waals surface area contributed by atoms with Crippen molar-refractivity contribution in [3.05, 3.63) is 36.3 Å². The first kappa shape index (κ1) is 13.1. The average molecular weight is 247 g/mol. The van der Waals surface area contributed by atoms with Gasteiger partial charge in [-0.05, 0) is 25.1 Å². The van der Waals surface area contributed by atoms with Gasteiger partial charge in [-0.25, -0.2) is 4.98 Å². The van der Waals surface area contributed by atoms with Crippen LogP contribution in [-0.4, -0.2) is 39.1 Å². The summed E-state index contributed by atoms with van der Waals surface area (Å²) in [7, 11) is 0. The van der Waals surface area contributed by atoms with E-state index in [2.05, 4.69) is 23.0 Å². The monoisotopic (exact) mass is 247 g/mol. The first-order valence-corrected chi connectivity index (χ1v) is 6.59. The molecular weight excluding hydrogens is 226 g/mol. The Morgan fingerprint density at radius 1 is 1.33 bits per heavy atom. The van der Waals surface area contributed by atoms with Crippen molar-refractivity contribution in [3.63, 3.8) is 0 Å². The summed E-state index contributed by atoms with van der Waals surface area (Å²) < 4.78 is 2.03. The standard InChI is InChI=1S/C14H21N3O/c1-2-3-7-16(9-10-18)11-13-12-17-8-5-4-6-14(17)15-13/h4-6,8,12,18H,2-3,7,9-11H2,1H3. The summed E-state index contributed by atoms with van der Waals surface area (Å²) in [5.41, 5.74) is 2.04. The topological polar surface area (TPSA) is 40.8 Å². The van der Waals surface area contributed by atoms with E-state index in [0.717, 1.165) is 30.9 Å². The minimum absolute atomic E-state index is 0.205. The summed E-state index contributed by atoms with van der Waals surface area (Å²) >= 11 is 0. The van der Waals surface area contributed by atoms with Crippen molar-refractivity contribution < 1.29 is 5.11 Å². The molecule has 4 nitrogen and oxygen atoms in total. The fourth-order valence-electron chi connectivity index (χ4n) is 2.09. The average Bonchev–Trinajstić information content (AvgIpc) is 2.78. The number of nitrogens with zero attached hydrogens (tertiary/aromatic N) is 3. The third-order valence-corrected chi connectivity index (χ3v) is 3.04. The predicted octanol–water partition coefficient (Wildman–Crippen LogP) is 1.93. The van der Waals surface area contributed by atoms with Crippen LogP contribution in [0.1, 0.15) is 25.5 Å². The van der Waals surface area contributed by atoms with Gasteiger partial charge in [-0.3, -0.25) is 4.90 Å². The maximum Gasteiger partial charge on any atom is 0.137 e. The molecule has 0 unspecified atom stereocenters. The second-order valence-electron chi connectivity index (χ2n) is 4.55. The number of fused-ring (bicyclic) bond motifs is 1. The number of imidazole rings is 1. The van der Waals surface area contributed by atoms with Crippen molar-refractivity contribution in [2.75, 3.05) is 19.7 Å². The lowest BCUT2D eigenvalue weighted by Gasteiger charge is -2.19. The Labute approximate surface area is 108 Å². The zero-order chi connectivity index (χ0) is 12.8. The number of hydrogen-bond donors (Lipinski definition) is 1. The molecule has 0 saturated heterocycles. The highest BCUT2D eigenvalue weighted by Crippen LogP contribution is 2.08. The first-order chi connectivity index (χ1) is 8.83. The van der Waals surface area contributed by atoms with Crippen LogP contribution in [0, 0.1) is 0 Å². The molecule has 0 bridgehead atoms. The van der Waals surface area contributed by atoms with Gasteiger partial charge in [-0.15, -0.1) is 0 Å². The number of hydrogen-bond acceptors (Lipinski definition) is 3. The minimum Gasteiger partial charge on any atom is -0.395 e. The molecule has 0 aliphatic rings. The summed E-state index contributed by atoms with van der Waals surface area (Å²) in [6.45, 7) is 4.93. The van der Waals surface area contributed by atoms with Gasteiger partial charge in [0, 0.05) is 25.5 Å². The predicted molar refractivity (Wildman–Crippen MR) is 72.5 cm³/mol. The quantitative estimate of drug-likeness (QED) is 0.812. The lowest BCUT2D eigenvalue weighted by atomic mass is 10.3. The first-order valence-electron chi connectivity index (χ1n) is 6.59. The van der Waals surface area contributed by atoms with Gasteiger partial charge in [0.15, 0.2) is 0 Å². The molecule has 0 aromatic carbocycles. The molecule has 0 aliphatic carbocycles. The van der Waals surface area contributed by atoms with Crippen LogP contribution in [0.4, 0.5) is 0 Å². The van der Waals surface area contributed by atoms with Crippen molar-refractivity contribution in [1.82, 2.24) is 14.3 Å². The Bertz CT molecular complexity index is 448. The number of aliphatic hydroxyl groups excluding tert-OH is 1. The van der Waals surface area contributed by atoms with Crippen molar-refractivity contribution >= 4 is 5.65 Å². The summed E-state index contributed by atoms with van der Waals surface area (Å²) in [5, 5.41) is 9.09. The van der Waals surface area contributed by atoms with Crippen LogP contribution >= 0.6 is 0 Å². The van der Waals surface area contributed by atoms with Crippen LogP contribution in [0.5, 0.6) is 0 Å². The van der Waals surface area contributed by atoms with E-state index in [9.17, 15) is 0 Å². The van der Waals surface area contributed by atoms with E-state index in [0.29, 0.717) is 6.54 Å². The molecule has 0 atom stereocenters. The lowest BCUT2D eigenvalue weighted by molar-refractivity contribution is 0.187.